The molecule has 36 heavy (non-hydrogen) atoms. The van der Waals surface area contributed by atoms with Crippen LogP contribution in [0, 0.1) is 5.41 Å². The molecule has 2 aliphatic heterocycles. The standard InChI is InChI=1S/C26H34ClN3O5S/c1-28-14-16-29(17-15-28)25(31)18-26(20-35-23-6-4-21(27)5-7-23)12-3-13-30(19-26)36(32,33)24-10-8-22(34-2)9-11-24/h4-11H,3,12-20H2,1-2H3/t26-/m1/s1. The highest BCUT2D eigenvalue weighted by Gasteiger charge is 2.43. The molecular weight excluding hydrogens is 502 g/mol. The largest absolute Gasteiger partial charge is 0.497 e. The van der Waals surface area contributed by atoms with Gasteiger partial charge in [-0.05, 0) is 68.4 Å². The van der Waals surface area contributed by atoms with Crippen LogP contribution in [0.2, 0.25) is 5.02 Å². The quantitative estimate of drug-likeness (QED) is 0.516. The fourth-order valence-corrected chi connectivity index (χ4v) is 6.55. The summed E-state index contributed by atoms with van der Waals surface area (Å²) in [4.78, 5) is 17.7. The summed E-state index contributed by atoms with van der Waals surface area (Å²) in [6.07, 6.45) is 1.59. The van der Waals surface area contributed by atoms with E-state index in [4.69, 9.17) is 21.1 Å². The van der Waals surface area contributed by atoms with Crippen molar-refractivity contribution in [2.75, 3.05) is 60.0 Å². The number of hydrogen-bond donors (Lipinski definition) is 0. The molecule has 1 amide bonds. The van der Waals surface area contributed by atoms with Crippen molar-refractivity contribution in [3.63, 3.8) is 0 Å². The smallest absolute Gasteiger partial charge is 0.243 e. The van der Waals surface area contributed by atoms with E-state index in [1.54, 1.807) is 55.6 Å². The van der Waals surface area contributed by atoms with Crippen LogP contribution in [0.5, 0.6) is 11.5 Å². The van der Waals surface area contributed by atoms with E-state index in [2.05, 4.69) is 4.90 Å². The third-order valence-electron chi connectivity index (χ3n) is 7.06. The summed E-state index contributed by atoms with van der Waals surface area (Å²) < 4.78 is 39.9. The lowest BCUT2D eigenvalue weighted by atomic mass is 9.78. The summed E-state index contributed by atoms with van der Waals surface area (Å²) in [5.41, 5.74) is -0.641. The average molecular weight is 536 g/mol. The summed E-state index contributed by atoms with van der Waals surface area (Å²) >= 11 is 6.01. The minimum Gasteiger partial charge on any atom is -0.497 e. The molecule has 0 unspecified atom stereocenters. The molecule has 0 N–H and O–H groups in total. The van der Waals surface area contributed by atoms with Crippen LogP contribution in [-0.2, 0) is 14.8 Å². The van der Waals surface area contributed by atoms with Crippen LogP contribution in [-0.4, -0.2) is 88.5 Å². The molecule has 196 valence electrons. The fraction of sp³-hybridized carbons (Fsp3) is 0.500. The molecule has 0 aromatic heterocycles. The third-order valence-corrected chi connectivity index (χ3v) is 9.18. The lowest BCUT2D eigenvalue weighted by Gasteiger charge is -2.43. The normalized spacial score (nSPS) is 21.8. The number of halogens is 1. The number of carbonyl (C=O) groups excluding carboxylic acids is 1. The Morgan fingerprint density at radius 1 is 0.972 bits per heavy atom. The molecular formula is C26H34ClN3O5S. The highest BCUT2D eigenvalue weighted by molar-refractivity contribution is 7.89. The lowest BCUT2D eigenvalue weighted by Crippen LogP contribution is -2.53. The van der Waals surface area contributed by atoms with Crippen molar-refractivity contribution in [2.24, 2.45) is 5.41 Å². The Hall–Kier alpha value is -2.33. The van der Waals surface area contributed by atoms with Crippen LogP contribution in [0.4, 0.5) is 0 Å². The molecule has 2 aliphatic rings. The van der Waals surface area contributed by atoms with Crippen LogP contribution in [0.25, 0.3) is 0 Å². The van der Waals surface area contributed by atoms with Gasteiger partial charge in [0.2, 0.25) is 15.9 Å². The predicted molar refractivity (Wildman–Crippen MR) is 139 cm³/mol. The van der Waals surface area contributed by atoms with E-state index in [9.17, 15) is 13.2 Å². The van der Waals surface area contributed by atoms with Crippen molar-refractivity contribution in [2.45, 2.75) is 24.2 Å². The van der Waals surface area contributed by atoms with Gasteiger partial charge in [-0.3, -0.25) is 4.79 Å². The molecule has 4 rings (SSSR count). The summed E-state index contributed by atoms with van der Waals surface area (Å²) in [6.45, 7) is 3.88. The number of sulfonamides is 1. The molecule has 10 heteroatoms. The zero-order valence-corrected chi connectivity index (χ0v) is 22.4. The van der Waals surface area contributed by atoms with Crippen LogP contribution < -0.4 is 9.47 Å². The first-order chi connectivity index (χ1) is 17.2. The van der Waals surface area contributed by atoms with E-state index in [1.807, 2.05) is 11.9 Å². The van der Waals surface area contributed by atoms with Gasteiger partial charge < -0.3 is 19.3 Å². The Labute approximate surface area is 218 Å². The maximum Gasteiger partial charge on any atom is 0.243 e. The van der Waals surface area contributed by atoms with Crippen LogP contribution in [0.1, 0.15) is 19.3 Å². The topological polar surface area (TPSA) is 79.4 Å². The van der Waals surface area contributed by atoms with Crippen molar-refractivity contribution in [3.05, 3.63) is 53.6 Å². The first-order valence-electron chi connectivity index (χ1n) is 12.2. The lowest BCUT2D eigenvalue weighted by molar-refractivity contribution is -0.136. The second kappa shape index (κ2) is 11.4. The van der Waals surface area contributed by atoms with Gasteiger partial charge in [0.1, 0.15) is 11.5 Å². The van der Waals surface area contributed by atoms with Gasteiger partial charge in [0.25, 0.3) is 0 Å². The number of ether oxygens (including phenoxy) is 2. The number of carbonyl (C=O) groups is 1. The Kier molecular flexibility index (Phi) is 8.44. The third kappa shape index (κ3) is 6.32. The molecule has 0 radical (unpaired) electrons. The van der Waals surface area contributed by atoms with Crippen molar-refractivity contribution in [3.8, 4) is 11.5 Å². The van der Waals surface area contributed by atoms with Crippen molar-refractivity contribution in [1.82, 2.24) is 14.1 Å². The molecule has 1 atom stereocenters. The van der Waals surface area contributed by atoms with Gasteiger partial charge >= 0.3 is 0 Å². The number of piperazine rings is 1. The number of nitrogens with zero attached hydrogens (tertiary/aromatic N) is 3. The highest BCUT2D eigenvalue weighted by Crippen LogP contribution is 2.37. The second-order valence-corrected chi connectivity index (χ2v) is 12.1. The summed E-state index contributed by atoms with van der Waals surface area (Å²) in [6, 6.07) is 13.5. The summed E-state index contributed by atoms with van der Waals surface area (Å²) in [7, 11) is -0.151. The Balaban J connectivity index is 1.56. The maximum atomic E-state index is 13.5. The number of rotatable bonds is 8. The summed E-state index contributed by atoms with van der Waals surface area (Å²) in [5.74, 6) is 1.28. The van der Waals surface area contributed by atoms with Gasteiger partial charge in [0.15, 0.2) is 0 Å². The van der Waals surface area contributed by atoms with Crippen LogP contribution in [0.15, 0.2) is 53.4 Å². The fourth-order valence-electron chi connectivity index (χ4n) is 4.83. The van der Waals surface area contributed by atoms with Gasteiger partial charge in [0.05, 0.1) is 18.6 Å². The molecule has 0 spiro atoms. The highest BCUT2D eigenvalue weighted by atomic mass is 35.5. The first kappa shape index (κ1) is 26.7. The van der Waals surface area contributed by atoms with Crippen LogP contribution in [0.3, 0.4) is 0 Å². The first-order valence-corrected chi connectivity index (χ1v) is 14.0. The number of likely N-dealkylation sites (N-methyl/N-ethyl adjacent to an activating group) is 1. The maximum absolute atomic E-state index is 13.5. The van der Waals surface area contributed by atoms with E-state index in [-0.39, 0.29) is 30.4 Å². The van der Waals surface area contributed by atoms with Gasteiger partial charge in [-0.25, -0.2) is 8.42 Å². The van der Waals surface area contributed by atoms with Crippen molar-refractivity contribution < 1.29 is 22.7 Å². The zero-order chi connectivity index (χ0) is 25.8. The summed E-state index contributed by atoms with van der Waals surface area (Å²) in [5, 5.41) is 0.608. The molecule has 2 saturated heterocycles. The molecule has 2 aromatic rings. The van der Waals surface area contributed by atoms with E-state index in [0.717, 1.165) is 13.1 Å². The van der Waals surface area contributed by atoms with Gasteiger partial charge in [-0.1, -0.05) is 11.6 Å². The number of piperidine rings is 1. The van der Waals surface area contributed by atoms with E-state index in [0.29, 0.717) is 49.0 Å². The van der Waals surface area contributed by atoms with Crippen molar-refractivity contribution >= 4 is 27.5 Å². The molecule has 0 aliphatic carbocycles. The van der Waals surface area contributed by atoms with Gasteiger partial charge in [0, 0.05) is 56.1 Å². The second-order valence-electron chi connectivity index (χ2n) is 9.72. The SMILES string of the molecule is COc1ccc(S(=O)(=O)N2CCC[C@@](COc3ccc(Cl)cc3)(CC(=O)N3CCN(C)CC3)C2)cc1. The van der Waals surface area contributed by atoms with Gasteiger partial charge in [-0.2, -0.15) is 4.31 Å². The minimum atomic E-state index is -3.74. The zero-order valence-electron chi connectivity index (χ0n) is 20.9. The number of methoxy groups -OCH3 is 1. The number of benzene rings is 2. The number of amides is 1. The molecule has 0 saturated carbocycles. The molecule has 0 bridgehead atoms. The molecule has 8 nitrogen and oxygen atoms in total. The van der Waals surface area contributed by atoms with E-state index >= 15 is 0 Å². The Morgan fingerprint density at radius 2 is 1.61 bits per heavy atom. The monoisotopic (exact) mass is 535 g/mol. The Bertz CT molecular complexity index is 1140. The van der Waals surface area contributed by atoms with Crippen molar-refractivity contribution in [1.29, 1.82) is 0 Å². The van der Waals surface area contributed by atoms with Crippen LogP contribution >= 0.6 is 11.6 Å². The molecule has 2 heterocycles. The predicted octanol–water partition coefficient (Wildman–Crippen LogP) is 3.36. The van der Waals surface area contributed by atoms with E-state index in [1.165, 1.54) is 4.31 Å². The molecule has 2 aromatic carbocycles. The minimum absolute atomic E-state index is 0.0477. The molecule has 2 fully saturated rings. The van der Waals surface area contributed by atoms with E-state index < -0.39 is 15.4 Å². The van der Waals surface area contributed by atoms with Gasteiger partial charge in [-0.15, -0.1) is 0 Å². The average Bonchev–Trinajstić information content (AvgIpc) is 2.89. The number of hydrogen-bond acceptors (Lipinski definition) is 6. The Morgan fingerprint density at radius 3 is 2.25 bits per heavy atom.